The van der Waals surface area contributed by atoms with E-state index in [2.05, 4.69) is 78.6 Å². The second-order valence-electron chi connectivity index (χ2n) is 7.54. The third kappa shape index (κ3) is 5.14. The van der Waals surface area contributed by atoms with E-state index in [-0.39, 0.29) is 0 Å². The Kier molecular flexibility index (Phi) is 6.76. The van der Waals surface area contributed by atoms with Crippen molar-refractivity contribution in [2.24, 2.45) is 22.0 Å². The average molecular weight is 347 g/mol. The number of rotatable bonds is 6. The third-order valence-corrected chi connectivity index (χ3v) is 5.36. The van der Waals surface area contributed by atoms with E-state index in [1.807, 2.05) is 6.21 Å². The van der Waals surface area contributed by atoms with Gasteiger partial charge in [-0.25, -0.2) is 0 Å². The summed E-state index contributed by atoms with van der Waals surface area (Å²) in [6.45, 7) is 4.57. The van der Waals surface area contributed by atoms with Crippen molar-refractivity contribution in [1.29, 1.82) is 0 Å². The van der Waals surface area contributed by atoms with Gasteiger partial charge in [-0.05, 0) is 41.9 Å². The molecule has 136 valence electrons. The summed E-state index contributed by atoms with van der Waals surface area (Å²) in [7, 11) is 0. The lowest BCUT2D eigenvalue weighted by molar-refractivity contribution is 0.344. The first-order chi connectivity index (χ1) is 12.8. The number of aryl methyl sites for hydroxylation is 1. The minimum absolute atomic E-state index is 0.526. The fraction of sp³-hybridized carbons (Fsp3) is 0.417. The predicted octanol–water partition coefficient (Wildman–Crippen LogP) is 6.29. The lowest BCUT2D eigenvalue weighted by atomic mass is 9.79. The van der Waals surface area contributed by atoms with E-state index < -0.39 is 0 Å². The molecule has 1 fully saturated rings. The molecule has 0 aromatic heterocycles. The molecule has 0 amide bonds. The third-order valence-electron chi connectivity index (χ3n) is 5.36. The molecule has 2 aromatic rings. The van der Waals surface area contributed by atoms with Gasteiger partial charge in [0.15, 0.2) is 0 Å². The van der Waals surface area contributed by atoms with Gasteiger partial charge in [0.05, 0.1) is 11.9 Å². The minimum atomic E-state index is 0.526. The molecule has 0 radical (unpaired) electrons. The predicted molar refractivity (Wildman–Crippen MR) is 112 cm³/mol. The van der Waals surface area contributed by atoms with E-state index in [1.165, 1.54) is 43.2 Å². The topological polar surface area (TPSA) is 24.7 Å². The van der Waals surface area contributed by atoms with Gasteiger partial charge in [0, 0.05) is 5.92 Å². The molecule has 2 aromatic carbocycles. The molecule has 0 heterocycles. The molecule has 2 nitrogen and oxygen atoms in total. The molecule has 0 spiro atoms. The molecule has 3 rings (SSSR count). The zero-order valence-corrected chi connectivity index (χ0v) is 16.1. The van der Waals surface area contributed by atoms with Crippen molar-refractivity contribution in [3.8, 4) is 0 Å². The first kappa shape index (κ1) is 18.6. The Morgan fingerprint density at radius 3 is 2.31 bits per heavy atom. The smallest absolute Gasteiger partial charge is 0.0733 e. The van der Waals surface area contributed by atoms with Crippen LogP contribution in [0.3, 0.4) is 0 Å². The number of hydrogen-bond donors (Lipinski definition) is 0. The number of nitrogens with zero attached hydrogens (tertiary/aromatic N) is 2. The van der Waals surface area contributed by atoms with Crippen LogP contribution in [0.15, 0.2) is 64.8 Å². The van der Waals surface area contributed by atoms with Crippen LogP contribution in [-0.4, -0.2) is 11.9 Å². The van der Waals surface area contributed by atoms with Gasteiger partial charge in [-0.1, -0.05) is 87.7 Å². The Labute approximate surface area is 158 Å². The van der Waals surface area contributed by atoms with Gasteiger partial charge in [-0.2, -0.15) is 10.2 Å². The highest BCUT2D eigenvalue weighted by molar-refractivity contribution is 6.02. The zero-order chi connectivity index (χ0) is 18.2. The van der Waals surface area contributed by atoms with Crippen molar-refractivity contribution in [3.63, 3.8) is 0 Å². The van der Waals surface area contributed by atoms with E-state index in [0.29, 0.717) is 5.92 Å². The second-order valence-corrected chi connectivity index (χ2v) is 7.54. The monoisotopic (exact) mass is 346 g/mol. The van der Waals surface area contributed by atoms with Crippen LogP contribution in [0, 0.1) is 11.8 Å². The minimum Gasteiger partial charge on any atom is -0.158 e. The lowest BCUT2D eigenvalue weighted by Crippen LogP contribution is -2.21. The van der Waals surface area contributed by atoms with Gasteiger partial charge in [0.1, 0.15) is 0 Å². The molecule has 1 aliphatic rings. The Balaban J connectivity index is 1.77. The summed E-state index contributed by atoms with van der Waals surface area (Å²) < 4.78 is 0. The Hall–Kier alpha value is -2.22. The highest BCUT2D eigenvalue weighted by atomic mass is 15.2. The molecule has 0 unspecified atom stereocenters. The quantitative estimate of drug-likeness (QED) is 0.434. The molecular formula is C24H30N2. The van der Waals surface area contributed by atoms with Crippen LogP contribution in [0.25, 0.3) is 0 Å². The average Bonchev–Trinajstić information content (AvgIpc) is 2.68. The fourth-order valence-electron chi connectivity index (χ4n) is 3.73. The molecule has 0 aliphatic heterocycles. The van der Waals surface area contributed by atoms with Crippen molar-refractivity contribution >= 4 is 11.9 Å². The van der Waals surface area contributed by atoms with Gasteiger partial charge >= 0.3 is 0 Å². The van der Waals surface area contributed by atoms with Crippen LogP contribution in [-0.2, 0) is 6.42 Å². The van der Waals surface area contributed by atoms with Crippen molar-refractivity contribution < 1.29 is 0 Å². The molecule has 1 saturated carbocycles. The van der Waals surface area contributed by atoms with Crippen LogP contribution < -0.4 is 0 Å². The van der Waals surface area contributed by atoms with E-state index in [4.69, 9.17) is 0 Å². The SMILES string of the molecule is CCCc1ccc(C=NN=C(c2ccccc2)C2CCC(C)CC2)cc1. The standard InChI is InChI=1S/C24H30N2/c1-3-7-20-12-14-21(15-13-20)18-25-26-24(22-8-5-4-6-9-22)23-16-10-19(2)11-17-23/h4-6,8-9,12-15,18-19,23H,3,7,10-11,16-17H2,1-2H3. The summed E-state index contributed by atoms with van der Waals surface area (Å²) in [6, 6.07) is 19.2. The molecule has 0 bridgehead atoms. The molecule has 2 heteroatoms. The van der Waals surface area contributed by atoms with Crippen LogP contribution in [0.5, 0.6) is 0 Å². The van der Waals surface area contributed by atoms with Gasteiger partial charge in [-0.3, -0.25) is 0 Å². The van der Waals surface area contributed by atoms with Crippen LogP contribution in [0.1, 0.15) is 62.6 Å². The summed E-state index contributed by atoms with van der Waals surface area (Å²) in [5.74, 6) is 1.37. The largest absolute Gasteiger partial charge is 0.158 e. The Morgan fingerprint density at radius 1 is 0.962 bits per heavy atom. The zero-order valence-electron chi connectivity index (χ0n) is 16.1. The maximum Gasteiger partial charge on any atom is 0.0733 e. The molecule has 0 N–H and O–H groups in total. The van der Waals surface area contributed by atoms with Gasteiger partial charge < -0.3 is 0 Å². The van der Waals surface area contributed by atoms with E-state index in [0.717, 1.165) is 23.6 Å². The molecule has 26 heavy (non-hydrogen) atoms. The van der Waals surface area contributed by atoms with Crippen molar-refractivity contribution in [2.75, 3.05) is 0 Å². The van der Waals surface area contributed by atoms with Crippen LogP contribution in [0.2, 0.25) is 0 Å². The fourth-order valence-corrected chi connectivity index (χ4v) is 3.73. The molecule has 1 aliphatic carbocycles. The lowest BCUT2D eigenvalue weighted by Gasteiger charge is -2.27. The number of hydrogen-bond acceptors (Lipinski definition) is 2. The maximum absolute atomic E-state index is 4.68. The summed E-state index contributed by atoms with van der Waals surface area (Å²) in [6.07, 6.45) is 9.21. The second kappa shape index (κ2) is 9.47. The van der Waals surface area contributed by atoms with E-state index in [9.17, 15) is 0 Å². The number of benzene rings is 2. The normalized spacial score (nSPS) is 21.2. The first-order valence-corrected chi connectivity index (χ1v) is 10.0. The van der Waals surface area contributed by atoms with E-state index >= 15 is 0 Å². The Morgan fingerprint density at radius 2 is 1.65 bits per heavy atom. The molecular weight excluding hydrogens is 316 g/mol. The van der Waals surface area contributed by atoms with Crippen LogP contribution >= 0.6 is 0 Å². The van der Waals surface area contributed by atoms with Crippen molar-refractivity contribution in [1.82, 2.24) is 0 Å². The maximum atomic E-state index is 4.68. The summed E-state index contributed by atoms with van der Waals surface area (Å²) in [4.78, 5) is 0. The molecule has 0 saturated heterocycles. The van der Waals surface area contributed by atoms with Crippen molar-refractivity contribution in [3.05, 3.63) is 71.3 Å². The molecule has 0 atom stereocenters. The van der Waals surface area contributed by atoms with Crippen molar-refractivity contribution in [2.45, 2.75) is 52.4 Å². The van der Waals surface area contributed by atoms with E-state index in [1.54, 1.807) is 0 Å². The summed E-state index contributed by atoms with van der Waals surface area (Å²) in [5, 5.41) is 9.13. The van der Waals surface area contributed by atoms with Crippen LogP contribution in [0.4, 0.5) is 0 Å². The summed E-state index contributed by atoms with van der Waals surface area (Å²) >= 11 is 0. The first-order valence-electron chi connectivity index (χ1n) is 10.0. The van der Waals surface area contributed by atoms with Gasteiger partial charge in [0.25, 0.3) is 0 Å². The highest BCUT2D eigenvalue weighted by Gasteiger charge is 2.23. The highest BCUT2D eigenvalue weighted by Crippen LogP contribution is 2.31. The van der Waals surface area contributed by atoms with Gasteiger partial charge in [0.2, 0.25) is 0 Å². The van der Waals surface area contributed by atoms with Gasteiger partial charge in [-0.15, -0.1) is 0 Å². The Bertz CT molecular complexity index is 721. The summed E-state index contributed by atoms with van der Waals surface area (Å²) in [5.41, 5.74) is 4.85.